The summed E-state index contributed by atoms with van der Waals surface area (Å²) in [6.45, 7) is 1.44. The smallest absolute Gasteiger partial charge is 0.226 e. The van der Waals surface area contributed by atoms with Crippen molar-refractivity contribution in [2.45, 2.75) is 30.4 Å². The molecule has 0 bridgehead atoms. The van der Waals surface area contributed by atoms with E-state index >= 15 is 0 Å². The largest absolute Gasteiger partial charge is 0.342 e. The molecule has 3 rings (SSSR count). The third-order valence-corrected chi connectivity index (χ3v) is 6.16. The normalized spacial score (nSPS) is 20.9. The van der Waals surface area contributed by atoms with Crippen LogP contribution in [0, 0.1) is 17.2 Å². The van der Waals surface area contributed by atoms with Crippen molar-refractivity contribution in [3.63, 3.8) is 0 Å². The highest BCUT2D eigenvalue weighted by Gasteiger charge is 2.38. The second kappa shape index (κ2) is 5.73. The molecule has 1 amide bonds. The van der Waals surface area contributed by atoms with E-state index < -0.39 is 0 Å². The minimum absolute atomic E-state index is 0.103. The molecule has 110 valence electrons. The maximum atomic E-state index is 12.7. The SMILES string of the molecule is CSC1(C#N)CCN(C(=O)C2Cc3ccccc3C2)CC1. The Balaban J connectivity index is 1.63. The fourth-order valence-corrected chi connectivity index (χ4v) is 4.12. The number of carbonyl (C=O) groups excluding carboxylic acids is 1. The van der Waals surface area contributed by atoms with Crippen molar-refractivity contribution >= 4 is 17.7 Å². The van der Waals surface area contributed by atoms with Gasteiger partial charge in [0, 0.05) is 19.0 Å². The van der Waals surface area contributed by atoms with E-state index in [-0.39, 0.29) is 16.6 Å². The molecular weight excluding hydrogens is 280 g/mol. The Morgan fingerprint density at radius 2 is 1.86 bits per heavy atom. The van der Waals surface area contributed by atoms with Crippen molar-refractivity contribution in [3.05, 3.63) is 35.4 Å². The molecule has 0 unspecified atom stereocenters. The Bertz CT molecular complexity index is 560. The van der Waals surface area contributed by atoms with Gasteiger partial charge in [-0.3, -0.25) is 4.79 Å². The van der Waals surface area contributed by atoms with Crippen LogP contribution in [0.5, 0.6) is 0 Å². The van der Waals surface area contributed by atoms with Crippen LogP contribution in [0.4, 0.5) is 0 Å². The van der Waals surface area contributed by atoms with E-state index in [0.717, 1.165) is 38.8 Å². The van der Waals surface area contributed by atoms with Gasteiger partial charge in [0.05, 0.1) is 6.07 Å². The van der Waals surface area contributed by atoms with Crippen molar-refractivity contribution in [3.8, 4) is 6.07 Å². The van der Waals surface area contributed by atoms with Crippen LogP contribution in [-0.4, -0.2) is 34.9 Å². The predicted octanol–water partition coefficient (Wildman–Crippen LogP) is 2.65. The first-order valence-electron chi connectivity index (χ1n) is 7.49. The molecule has 1 aliphatic heterocycles. The Hall–Kier alpha value is -1.47. The molecule has 1 aromatic rings. The molecular formula is C17H20N2OS. The van der Waals surface area contributed by atoms with Gasteiger partial charge in [0.25, 0.3) is 0 Å². The van der Waals surface area contributed by atoms with Crippen LogP contribution in [0.2, 0.25) is 0 Å². The van der Waals surface area contributed by atoms with E-state index in [1.165, 1.54) is 11.1 Å². The number of likely N-dealkylation sites (tertiary alicyclic amines) is 1. The molecule has 0 N–H and O–H groups in total. The number of thioether (sulfide) groups is 1. The summed E-state index contributed by atoms with van der Waals surface area (Å²) in [6, 6.07) is 10.8. The van der Waals surface area contributed by atoms with Crippen LogP contribution in [0.1, 0.15) is 24.0 Å². The lowest BCUT2D eigenvalue weighted by Crippen LogP contribution is -2.46. The Labute approximate surface area is 130 Å². The third-order valence-electron chi connectivity index (χ3n) is 4.88. The summed E-state index contributed by atoms with van der Waals surface area (Å²) >= 11 is 1.63. The Kier molecular flexibility index (Phi) is 3.95. The lowest BCUT2D eigenvalue weighted by molar-refractivity contribution is -0.136. The summed E-state index contributed by atoms with van der Waals surface area (Å²) in [6.07, 6.45) is 5.31. The van der Waals surface area contributed by atoms with Gasteiger partial charge in [-0.15, -0.1) is 11.8 Å². The Morgan fingerprint density at radius 1 is 1.29 bits per heavy atom. The molecule has 4 heteroatoms. The van der Waals surface area contributed by atoms with E-state index in [1.807, 2.05) is 23.3 Å². The van der Waals surface area contributed by atoms with Crippen LogP contribution in [0.15, 0.2) is 24.3 Å². The monoisotopic (exact) mass is 300 g/mol. The Morgan fingerprint density at radius 3 is 2.33 bits per heavy atom. The van der Waals surface area contributed by atoms with E-state index in [0.29, 0.717) is 0 Å². The van der Waals surface area contributed by atoms with Gasteiger partial charge < -0.3 is 4.90 Å². The van der Waals surface area contributed by atoms with Gasteiger partial charge in [0.2, 0.25) is 5.91 Å². The number of hydrogen-bond acceptors (Lipinski definition) is 3. The average molecular weight is 300 g/mol. The molecule has 0 saturated carbocycles. The van der Waals surface area contributed by atoms with Crippen LogP contribution >= 0.6 is 11.8 Å². The molecule has 1 saturated heterocycles. The zero-order valence-electron chi connectivity index (χ0n) is 12.3. The van der Waals surface area contributed by atoms with Crippen molar-refractivity contribution in [1.29, 1.82) is 5.26 Å². The fraction of sp³-hybridized carbons (Fsp3) is 0.529. The molecule has 1 aliphatic carbocycles. The summed E-state index contributed by atoms with van der Waals surface area (Å²) in [5.41, 5.74) is 2.65. The van der Waals surface area contributed by atoms with Gasteiger partial charge >= 0.3 is 0 Å². The number of piperidine rings is 1. The zero-order valence-corrected chi connectivity index (χ0v) is 13.2. The van der Waals surface area contributed by atoms with Crippen molar-refractivity contribution in [1.82, 2.24) is 4.90 Å². The predicted molar refractivity (Wildman–Crippen MR) is 85.0 cm³/mol. The topological polar surface area (TPSA) is 44.1 Å². The molecule has 1 heterocycles. The summed E-state index contributed by atoms with van der Waals surface area (Å²) in [5.74, 6) is 0.380. The molecule has 0 spiro atoms. The minimum Gasteiger partial charge on any atom is -0.342 e. The van der Waals surface area contributed by atoms with Crippen LogP contribution in [0.3, 0.4) is 0 Å². The lowest BCUT2D eigenvalue weighted by Gasteiger charge is -2.37. The molecule has 0 atom stereocenters. The number of fused-ring (bicyclic) bond motifs is 1. The summed E-state index contributed by atoms with van der Waals surface area (Å²) in [5, 5.41) is 9.32. The van der Waals surface area contributed by atoms with Gasteiger partial charge in [0.1, 0.15) is 4.75 Å². The lowest BCUT2D eigenvalue weighted by atomic mass is 9.95. The van der Waals surface area contributed by atoms with E-state index in [4.69, 9.17) is 0 Å². The van der Waals surface area contributed by atoms with Gasteiger partial charge in [0.15, 0.2) is 0 Å². The number of nitrogens with zero attached hydrogens (tertiary/aromatic N) is 2. The van der Waals surface area contributed by atoms with Gasteiger partial charge in [-0.2, -0.15) is 5.26 Å². The van der Waals surface area contributed by atoms with Gasteiger partial charge in [-0.1, -0.05) is 24.3 Å². The number of amides is 1. The third kappa shape index (κ3) is 2.67. The quantitative estimate of drug-likeness (QED) is 0.843. The number of nitriles is 1. The second-order valence-electron chi connectivity index (χ2n) is 6.01. The maximum absolute atomic E-state index is 12.7. The average Bonchev–Trinajstić information content (AvgIpc) is 2.98. The number of benzene rings is 1. The van der Waals surface area contributed by atoms with Gasteiger partial charge in [-0.25, -0.2) is 0 Å². The molecule has 1 fully saturated rings. The highest BCUT2D eigenvalue weighted by molar-refractivity contribution is 8.00. The highest BCUT2D eigenvalue weighted by atomic mass is 32.2. The van der Waals surface area contributed by atoms with Crippen LogP contribution in [0.25, 0.3) is 0 Å². The standard InChI is InChI=1S/C17H20N2OS/c1-21-17(12-18)6-8-19(9-7-17)16(20)15-10-13-4-2-3-5-14(13)11-15/h2-5,15H,6-11H2,1H3. The van der Waals surface area contributed by atoms with Gasteiger partial charge in [-0.05, 0) is 43.1 Å². The summed E-state index contributed by atoms with van der Waals surface area (Å²) < 4.78 is -0.282. The number of hydrogen-bond donors (Lipinski definition) is 0. The molecule has 1 aromatic carbocycles. The van der Waals surface area contributed by atoms with Crippen LogP contribution in [-0.2, 0) is 17.6 Å². The summed E-state index contributed by atoms with van der Waals surface area (Å²) in [7, 11) is 0. The maximum Gasteiger partial charge on any atom is 0.226 e. The first-order valence-corrected chi connectivity index (χ1v) is 8.72. The number of carbonyl (C=O) groups is 1. The van der Waals surface area contributed by atoms with E-state index in [9.17, 15) is 10.1 Å². The molecule has 3 nitrogen and oxygen atoms in total. The summed E-state index contributed by atoms with van der Waals surface area (Å²) in [4.78, 5) is 14.7. The molecule has 2 aliphatic rings. The van der Waals surface area contributed by atoms with E-state index in [2.05, 4.69) is 18.2 Å². The first kappa shape index (κ1) is 14.5. The molecule has 0 aromatic heterocycles. The van der Waals surface area contributed by atoms with Crippen molar-refractivity contribution in [2.75, 3.05) is 19.3 Å². The van der Waals surface area contributed by atoms with Crippen molar-refractivity contribution in [2.24, 2.45) is 5.92 Å². The minimum atomic E-state index is -0.282. The molecule has 21 heavy (non-hydrogen) atoms. The first-order chi connectivity index (χ1) is 10.2. The second-order valence-corrected chi connectivity index (χ2v) is 7.20. The molecule has 0 radical (unpaired) electrons. The van der Waals surface area contributed by atoms with Crippen molar-refractivity contribution < 1.29 is 4.79 Å². The zero-order chi connectivity index (χ0) is 14.9. The van der Waals surface area contributed by atoms with Crippen LogP contribution < -0.4 is 0 Å². The van der Waals surface area contributed by atoms with E-state index in [1.54, 1.807) is 11.8 Å². The highest BCUT2D eigenvalue weighted by Crippen LogP contribution is 2.35. The fourth-order valence-electron chi connectivity index (χ4n) is 3.44. The number of rotatable bonds is 2.